The van der Waals surface area contributed by atoms with Crippen molar-refractivity contribution >= 4 is 0 Å². The van der Waals surface area contributed by atoms with Crippen LogP contribution < -0.4 is 0 Å². The number of hydrogen-bond donors (Lipinski definition) is 0. The molecule has 0 saturated heterocycles. The van der Waals surface area contributed by atoms with E-state index in [2.05, 4.69) is 6.58 Å². The summed E-state index contributed by atoms with van der Waals surface area (Å²) in [6.07, 6.45) is 0.975. The fraction of sp³-hybridized carbons (Fsp3) is 0.882. The summed E-state index contributed by atoms with van der Waals surface area (Å²) in [7, 11) is 1.46. The molecule has 0 amide bonds. The smallest absolute Gasteiger partial charge is 0.291 e. The van der Waals surface area contributed by atoms with Crippen LogP contribution in [0.25, 0.3) is 0 Å². The lowest BCUT2D eigenvalue weighted by Crippen LogP contribution is -2.81. The van der Waals surface area contributed by atoms with E-state index in [0.717, 1.165) is 0 Å². The van der Waals surface area contributed by atoms with Gasteiger partial charge in [-0.2, -0.15) is 0 Å². The summed E-state index contributed by atoms with van der Waals surface area (Å²) in [6, 6.07) is 0. The van der Waals surface area contributed by atoms with Gasteiger partial charge in [-0.25, -0.2) is 17.6 Å². The lowest BCUT2D eigenvalue weighted by molar-refractivity contribution is -0.438. The molecule has 4 rings (SSSR count). The summed E-state index contributed by atoms with van der Waals surface area (Å²) >= 11 is 0. The van der Waals surface area contributed by atoms with Crippen molar-refractivity contribution in [3.8, 4) is 0 Å². The zero-order valence-corrected chi connectivity index (χ0v) is 14.0. The predicted molar refractivity (Wildman–Crippen MR) is 79.1 cm³/mol. The van der Waals surface area contributed by atoms with E-state index in [4.69, 9.17) is 14.2 Å². The van der Waals surface area contributed by atoms with E-state index in [9.17, 15) is 0 Å². The Bertz CT molecular complexity index is 526. The van der Waals surface area contributed by atoms with Crippen molar-refractivity contribution in [3.05, 3.63) is 12.7 Å². The van der Waals surface area contributed by atoms with Gasteiger partial charge in [-0.1, -0.05) is 13.0 Å². The molecule has 0 heterocycles. The predicted octanol–water partition coefficient (Wildman–Crippen LogP) is 4.03. The molecule has 4 unspecified atom stereocenters. The molecule has 0 aromatic rings. The Hall–Kier alpha value is -0.660. The van der Waals surface area contributed by atoms with Gasteiger partial charge < -0.3 is 14.2 Å². The van der Waals surface area contributed by atoms with Crippen molar-refractivity contribution in [2.45, 2.75) is 50.1 Å². The highest BCUT2D eigenvalue weighted by molar-refractivity contribution is 5.31. The summed E-state index contributed by atoms with van der Waals surface area (Å²) in [5.74, 6) is -7.57. The van der Waals surface area contributed by atoms with Crippen LogP contribution in [0.3, 0.4) is 0 Å². The van der Waals surface area contributed by atoms with Crippen molar-refractivity contribution < 1.29 is 31.8 Å². The summed E-state index contributed by atoms with van der Waals surface area (Å²) in [5.41, 5.74) is -6.00. The molecule has 0 aliphatic heterocycles. The van der Waals surface area contributed by atoms with Gasteiger partial charge in [-0.3, -0.25) is 0 Å². The fourth-order valence-electron chi connectivity index (χ4n) is 5.30. The van der Waals surface area contributed by atoms with Crippen LogP contribution in [0.2, 0.25) is 0 Å². The molecule has 7 heteroatoms. The third-order valence-electron chi connectivity index (χ3n) is 6.28. The van der Waals surface area contributed by atoms with Crippen molar-refractivity contribution in [1.82, 2.24) is 0 Å². The van der Waals surface area contributed by atoms with Crippen LogP contribution in [0, 0.1) is 16.7 Å². The minimum absolute atomic E-state index is 0.0943. The zero-order chi connectivity index (χ0) is 17.9. The molecule has 24 heavy (non-hydrogen) atoms. The van der Waals surface area contributed by atoms with Crippen LogP contribution in [0.4, 0.5) is 17.6 Å². The average Bonchev–Trinajstić information content (AvgIpc) is 2.50. The second-order valence-corrected chi connectivity index (χ2v) is 7.72. The second kappa shape index (κ2) is 5.42. The topological polar surface area (TPSA) is 27.7 Å². The standard InChI is InChI=1S/C17H24F4O3/c1-4-14-8-12-7-13(2,10-14)16(18,19)15(9-12,17(14,20)21)24-11-23-6-5-22-3/h4,12H,1,5-11H2,2-3H3. The first kappa shape index (κ1) is 18.1. The highest BCUT2D eigenvalue weighted by Gasteiger charge is 2.88. The van der Waals surface area contributed by atoms with Crippen LogP contribution >= 0.6 is 0 Å². The molecule has 4 aliphatic rings. The van der Waals surface area contributed by atoms with Crippen LogP contribution in [-0.4, -0.2) is 44.6 Å². The van der Waals surface area contributed by atoms with Crippen LogP contribution in [0.5, 0.6) is 0 Å². The minimum Gasteiger partial charge on any atom is -0.382 e. The summed E-state index contributed by atoms with van der Waals surface area (Å²) < 4.78 is 76.0. The molecule has 0 aromatic heterocycles. The van der Waals surface area contributed by atoms with Crippen molar-refractivity contribution in [2.75, 3.05) is 27.1 Å². The largest absolute Gasteiger partial charge is 0.382 e. The van der Waals surface area contributed by atoms with E-state index in [1.165, 1.54) is 20.1 Å². The van der Waals surface area contributed by atoms with Gasteiger partial charge in [-0.15, -0.1) is 6.58 Å². The molecule has 0 spiro atoms. The Morgan fingerprint density at radius 1 is 1.08 bits per heavy atom. The van der Waals surface area contributed by atoms with Gasteiger partial charge in [0.05, 0.1) is 18.6 Å². The van der Waals surface area contributed by atoms with Gasteiger partial charge in [0.25, 0.3) is 11.8 Å². The molecule has 0 N–H and O–H groups in total. The van der Waals surface area contributed by atoms with Gasteiger partial charge in [0.15, 0.2) is 5.60 Å². The Kier molecular flexibility index (Phi) is 4.09. The highest BCUT2D eigenvalue weighted by atomic mass is 19.3. The van der Waals surface area contributed by atoms with Crippen LogP contribution in [0.15, 0.2) is 12.7 Å². The zero-order valence-electron chi connectivity index (χ0n) is 14.0. The number of rotatable bonds is 7. The van der Waals surface area contributed by atoms with E-state index < -0.39 is 35.1 Å². The Labute approximate surface area is 139 Å². The third-order valence-corrected chi connectivity index (χ3v) is 6.28. The van der Waals surface area contributed by atoms with Crippen molar-refractivity contribution in [2.24, 2.45) is 16.7 Å². The number of halogens is 4. The molecule has 138 valence electrons. The molecular weight excluding hydrogens is 328 g/mol. The Morgan fingerprint density at radius 3 is 2.42 bits per heavy atom. The molecule has 4 fully saturated rings. The number of hydrogen-bond acceptors (Lipinski definition) is 3. The van der Waals surface area contributed by atoms with Crippen molar-refractivity contribution in [1.29, 1.82) is 0 Å². The Morgan fingerprint density at radius 2 is 1.79 bits per heavy atom. The number of ether oxygens (including phenoxy) is 3. The molecule has 4 saturated carbocycles. The quantitative estimate of drug-likeness (QED) is 0.300. The van der Waals surface area contributed by atoms with Gasteiger partial charge in [0.2, 0.25) is 0 Å². The maximum atomic E-state index is 15.3. The monoisotopic (exact) mass is 352 g/mol. The maximum absolute atomic E-state index is 15.3. The molecule has 4 atom stereocenters. The van der Waals surface area contributed by atoms with E-state index in [0.29, 0.717) is 0 Å². The van der Waals surface area contributed by atoms with E-state index in [1.807, 2.05) is 0 Å². The lowest BCUT2D eigenvalue weighted by Gasteiger charge is -2.70. The number of alkyl halides is 4. The first-order chi connectivity index (χ1) is 11.1. The summed E-state index contributed by atoms with van der Waals surface area (Å²) in [5, 5.41) is 0. The number of methoxy groups -OCH3 is 1. The molecule has 3 nitrogen and oxygen atoms in total. The van der Waals surface area contributed by atoms with E-state index in [-0.39, 0.29) is 44.8 Å². The maximum Gasteiger partial charge on any atom is 0.291 e. The van der Waals surface area contributed by atoms with Crippen molar-refractivity contribution in [3.63, 3.8) is 0 Å². The third kappa shape index (κ3) is 1.95. The SMILES string of the molecule is C=CC12CC3CC(C)(C1)C(F)(F)C(OCOCCOC)(C3)C2(F)F. The summed E-state index contributed by atoms with van der Waals surface area (Å²) in [4.78, 5) is 0. The molecule has 4 aliphatic carbocycles. The highest BCUT2D eigenvalue weighted by Crippen LogP contribution is 2.77. The summed E-state index contributed by atoms with van der Waals surface area (Å²) in [6.45, 7) is 4.67. The lowest BCUT2D eigenvalue weighted by atomic mass is 9.39. The first-order valence-electron chi connectivity index (χ1n) is 8.21. The van der Waals surface area contributed by atoms with Crippen LogP contribution in [-0.2, 0) is 14.2 Å². The van der Waals surface area contributed by atoms with E-state index in [1.54, 1.807) is 0 Å². The Balaban J connectivity index is 1.96. The number of allylic oxidation sites excluding steroid dienone is 1. The van der Waals surface area contributed by atoms with E-state index >= 15 is 17.6 Å². The molecule has 0 aromatic carbocycles. The minimum atomic E-state index is -3.70. The second-order valence-electron chi connectivity index (χ2n) is 7.72. The first-order valence-corrected chi connectivity index (χ1v) is 8.21. The molecule has 0 radical (unpaired) electrons. The van der Waals surface area contributed by atoms with Gasteiger partial charge in [0.1, 0.15) is 6.79 Å². The average molecular weight is 352 g/mol. The normalized spacial score (nSPS) is 44.7. The molecule has 4 bridgehead atoms. The van der Waals surface area contributed by atoms with Gasteiger partial charge in [0, 0.05) is 12.5 Å². The van der Waals surface area contributed by atoms with Crippen LogP contribution in [0.1, 0.15) is 32.6 Å². The van der Waals surface area contributed by atoms with Gasteiger partial charge >= 0.3 is 0 Å². The van der Waals surface area contributed by atoms with Gasteiger partial charge in [-0.05, 0) is 31.6 Å². The fourth-order valence-corrected chi connectivity index (χ4v) is 5.30. The molecular formula is C17H24F4O3.